The quantitative estimate of drug-likeness (QED) is 0.425. The highest BCUT2D eigenvalue weighted by molar-refractivity contribution is 8.00. The van der Waals surface area contributed by atoms with Crippen LogP contribution in [0, 0.1) is 0 Å². The Labute approximate surface area is 210 Å². The molecule has 5 rings (SSSR count). The molecular formula is C27H32N4O3S. The molecule has 0 spiro atoms. The number of ether oxygens (including phenoxy) is 2. The van der Waals surface area contributed by atoms with Gasteiger partial charge in [-0.05, 0) is 42.7 Å². The molecule has 1 atom stereocenters. The SMILES string of the molecule is COc1ccc(-c2nnc(S[C@H](C(=O)N3CCOCC3)c3ccccc3)n2C2CCCCC2)cc1. The van der Waals surface area contributed by atoms with Gasteiger partial charge in [0.25, 0.3) is 0 Å². The summed E-state index contributed by atoms with van der Waals surface area (Å²) in [6.45, 7) is 2.40. The highest BCUT2D eigenvalue weighted by Crippen LogP contribution is 2.41. The Balaban J connectivity index is 1.52. The Morgan fingerprint density at radius 3 is 2.40 bits per heavy atom. The summed E-state index contributed by atoms with van der Waals surface area (Å²) in [6, 6.07) is 18.3. The van der Waals surface area contributed by atoms with Crippen molar-refractivity contribution in [2.75, 3.05) is 33.4 Å². The molecule has 35 heavy (non-hydrogen) atoms. The fraction of sp³-hybridized carbons (Fsp3) is 0.444. The van der Waals surface area contributed by atoms with Crippen molar-refractivity contribution in [2.24, 2.45) is 0 Å². The van der Waals surface area contributed by atoms with Crippen LogP contribution in [0.3, 0.4) is 0 Å². The maximum Gasteiger partial charge on any atom is 0.240 e. The van der Waals surface area contributed by atoms with E-state index < -0.39 is 0 Å². The first-order valence-electron chi connectivity index (χ1n) is 12.4. The summed E-state index contributed by atoms with van der Waals surface area (Å²) in [7, 11) is 1.67. The van der Waals surface area contributed by atoms with Gasteiger partial charge in [0.2, 0.25) is 5.91 Å². The zero-order chi connectivity index (χ0) is 24.0. The molecule has 1 saturated heterocycles. The Kier molecular flexibility index (Phi) is 7.69. The normalized spacial score (nSPS) is 17.8. The molecule has 0 bridgehead atoms. The maximum atomic E-state index is 13.7. The predicted octanol–water partition coefficient (Wildman–Crippen LogP) is 5.15. The molecule has 2 heterocycles. The number of benzene rings is 2. The largest absolute Gasteiger partial charge is 0.497 e. The fourth-order valence-corrected chi connectivity index (χ4v) is 6.10. The van der Waals surface area contributed by atoms with Gasteiger partial charge in [-0.1, -0.05) is 61.4 Å². The topological polar surface area (TPSA) is 69.5 Å². The minimum atomic E-state index is -0.385. The van der Waals surface area contributed by atoms with Crippen LogP contribution in [-0.2, 0) is 9.53 Å². The monoisotopic (exact) mass is 492 g/mol. The summed E-state index contributed by atoms with van der Waals surface area (Å²) in [5, 5.41) is 9.71. The second-order valence-corrected chi connectivity index (χ2v) is 10.1. The lowest BCUT2D eigenvalue weighted by Gasteiger charge is -2.31. The molecule has 1 amide bonds. The first kappa shape index (κ1) is 23.9. The summed E-state index contributed by atoms with van der Waals surface area (Å²) in [5.41, 5.74) is 1.99. The number of nitrogens with zero attached hydrogens (tertiary/aromatic N) is 4. The summed E-state index contributed by atoms with van der Waals surface area (Å²) < 4.78 is 13.1. The molecule has 7 nitrogen and oxygen atoms in total. The maximum absolute atomic E-state index is 13.7. The highest BCUT2D eigenvalue weighted by Gasteiger charge is 2.32. The lowest BCUT2D eigenvalue weighted by Crippen LogP contribution is -2.42. The molecule has 1 aliphatic carbocycles. The van der Waals surface area contributed by atoms with Crippen LogP contribution in [0.25, 0.3) is 11.4 Å². The molecule has 1 aliphatic heterocycles. The molecule has 2 aliphatic rings. The average molecular weight is 493 g/mol. The molecular weight excluding hydrogens is 460 g/mol. The second-order valence-electron chi connectivity index (χ2n) is 9.04. The third-order valence-electron chi connectivity index (χ3n) is 6.83. The highest BCUT2D eigenvalue weighted by atomic mass is 32.2. The van der Waals surface area contributed by atoms with Crippen molar-refractivity contribution in [3.05, 3.63) is 60.2 Å². The van der Waals surface area contributed by atoms with Gasteiger partial charge >= 0.3 is 0 Å². The van der Waals surface area contributed by atoms with Crippen LogP contribution in [0.5, 0.6) is 5.75 Å². The van der Waals surface area contributed by atoms with E-state index in [0.717, 1.165) is 40.7 Å². The standard InChI is InChI=1S/C27H32N4O3S/c1-33-23-14-12-21(13-15-23)25-28-29-27(31(25)22-10-6-3-7-11-22)35-24(20-8-4-2-5-9-20)26(32)30-16-18-34-19-17-30/h2,4-5,8-9,12-15,22,24H,3,6-7,10-11,16-19H2,1H3/t24-/m0/s1. The van der Waals surface area contributed by atoms with Gasteiger partial charge in [0.15, 0.2) is 11.0 Å². The van der Waals surface area contributed by atoms with Gasteiger partial charge in [0.1, 0.15) is 11.0 Å². The van der Waals surface area contributed by atoms with Crippen LogP contribution in [0.15, 0.2) is 59.8 Å². The second kappa shape index (κ2) is 11.3. The Morgan fingerprint density at radius 1 is 1.00 bits per heavy atom. The van der Waals surface area contributed by atoms with E-state index in [9.17, 15) is 4.79 Å². The first-order chi connectivity index (χ1) is 17.2. The predicted molar refractivity (Wildman–Crippen MR) is 137 cm³/mol. The summed E-state index contributed by atoms with van der Waals surface area (Å²) >= 11 is 1.52. The Morgan fingerprint density at radius 2 is 1.71 bits per heavy atom. The number of amides is 1. The van der Waals surface area contributed by atoms with Crippen molar-refractivity contribution < 1.29 is 14.3 Å². The van der Waals surface area contributed by atoms with Crippen LogP contribution in [0.2, 0.25) is 0 Å². The molecule has 8 heteroatoms. The molecule has 0 unspecified atom stereocenters. The molecule has 0 N–H and O–H groups in total. The Hall–Kier alpha value is -2.84. The van der Waals surface area contributed by atoms with Gasteiger partial charge in [-0.25, -0.2) is 0 Å². The first-order valence-corrected chi connectivity index (χ1v) is 13.3. The third-order valence-corrected chi connectivity index (χ3v) is 8.02. The van der Waals surface area contributed by atoms with Crippen LogP contribution in [0.1, 0.15) is 49.0 Å². The van der Waals surface area contributed by atoms with E-state index in [-0.39, 0.29) is 11.2 Å². The van der Waals surface area contributed by atoms with Gasteiger partial charge in [-0.2, -0.15) is 0 Å². The van der Waals surface area contributed by atoms with Crippen LogP contribution >= 0.6 is 11.8 Å². The number of methoxy groups -OCH3 is 1. The van der Waals surface area contributed by atoms with E-state index in [1.165, 1.54) is 31.0 Å². The van der Waals surface area contributed by atoms with Crippen LogP contribution in [-0.4, -0.2) is 59.0 Å². The summed E-state index contributed by atoms with van der Waals surface area (Å²) in [4.78, 5) is 15.6. The van der Waals surface area contributed by atoms with Crippen molar-refractivity contribution in [3.8, 4) is 17.1 Å². The molecule has 1 aromatic heterocycles. The fourth-order valence-electron chi connectivity index (χ4n) is 4.91. The van der Waals surface area contributed by atoms with E-state index in [2.05, 4.69) is 14.8 Å². The number of hydrogen-bond donors (Lipinski definition) is 0. The van der Waals surface area contributed by atoms with E-state index in [1.807, 2.05) is 59.5 Å². The smallest absolute Gasteiger partial charge is 0.240 e. The molecule has 2 fully saturated rings. The number of aromatic nitrogens is 3. The lowest BCUT2D eigenvalue weighted by atomic mass is 9.95. The minimum absolute atomic E-state index is 0.105. The van der Waals surface area contributed by atoms with E-state index in [4.69, 9.17) is 9.47 Å². The van der Waals surface area contributed by atoms with Crippen molar-refractivity contribution in [1.82, 2.24) is 19.7 Å². The Bertz CT molecular complexity index is 1110. The minimum Gasteiger partial charge on any atom is -0.497 e. The molecule has 1 saturated carbocycles. The molecule has 0 radical (unpaired) electrons. The summed E-state index contributed by atoms with van der Waals surface area (Å²) in [6.07, 6.45) is 5.86. The zero-order valence-corrected chi connectivity index (χ0v) is 21.0. The molecule has 184 valence electrons. The summed E-state index contributed by atoms with van der Waals surface area (Å²) in [5.74, 6) is 1.77. The van der Waals surface area contributed by atoms with Crippen molar-refractivity contribution in [1.29, 1.82) is 0 Å². The number of carbonyl (C=O) groups is 1. The number of morpholine rings is 1. The molecule has 2 aromatic carbocycles. The van der Waals surface area contributed by atoms with E-state index >= 15 is 0 Å². The van der Waals surface area contributed by atoms with E-state index in [1.54, 1.807) is 7.11 Å². The number of hydrogen-bond acceptors (Lipinski definition) is 6. The molecule has 3 aromatic rings. The van der Waals surface area contributed by atoms with Gasteiger partial charge in [0.05, 0.1) is 20.3 Å². The van der Waals surface area contributed by atoms with E-state index in [0.29, 0.717) is 32.3 Å². The number of rotatable bonds is 7. The van der Waals surface area contributed by atoms with Crippen LogP contribution in [0.4, 0.5) is 0 Å². The van der Waals surface area contributed by atoms with Gasteiger partial charge in [-0.3, -0.25) is 9.36 Å². The van der Waals surface area contributed by atoms with Gasteiger partial charge in [0, 0.05) is 24.7 Å². The lowest BCUT2D eigenvalue weighted by molar-refractivity contribution is -0.134. The van der Waals surface area contributed by atoms with Crippen molar-refractivity contribution >= 4 is 17.7 Å². The third kappa shape index (κ3) is 5.38. The average Bonchev–Trinajstić information content (AvgIpc) is 3.36. The van der Waals surface area contributed by atoms with Crippen LogP contribution < -0.4 is 4.74 Å². The zero-order valence-electron chi connectivity index (χ0n) is 20.1. The van der Waals surface area contributed by atoms with Crippen molar-refractivity contribution in [2.45, 2.75) is 48.6 Å². The number of thioether (sulfide) groups is 1. The van der Waals surface area contributed by atoms with Gasteiger partial charge in [-0.15, -0.1) is 10.2 Å². The van der Waals surface area contributed by atoms with Crippen molar-refractivity contribution in [3.63, 3.8) is 0 Å². The number of carbonyl (C=O) groups excluding carboxylic acids is 1. The van der Waals surface area contributed by atoms with Gasteiger partial charge < -0.3 is 14.4 Å².